The van der Waals surface area contributed by atoms with Crippen LogP contribution >= 0.6 is 28.3 Å². The summed E-state index contributed by atoms with van der Waals surface area (Å²) >= 11 is 3.02. The first-order valence-electron chi connectivity index (χ1n) is 7.36. The Morgan fingerprint density at radius 1 is 1.33 bits per heavy atom. The summed E-state index contributed by atoms with van der Waals surface area (Å²) in [4.78, 5) is 11.9. The normalized spacial score (nSPS) is 15.5. The highest BCUT2D eigenvalue weighted by atomic mass is 79.9. The molecule has 1 aromatic carbocycles. The van der Waals surface area contributed by atoms with Crippen molar-refractivity contribution in [1.29, 1.82) is 0 Å². The number of carbonyl (C=O) groups excluding carboxylic acids is 1. The highest BCUT2D eigenvalue weighted by Crippen LogP contribution is 2.37. The number of ether oxygens (including phenoxy) is 1. The number of rotatable bonds is 5. The second-order valence-corrected chi connectivity index (χ2v) is 6.22. The van der Waals surface area contributed by atoms with Crippen LogP contribution < -0.4 is 15.4 Å². The molecule has 1 aliphatic rings. The summed E-state index contributed by atoms with van der Waals surface area (Å²) in [5.74, 6) is -0.339. The third-order valence-electron chi connectivity index (χ3n) is 3.62. The lowest BCUT2D eigenvalue weighted by Gasteiger charge is -2.21. The third kappa shape index (κ3) is 6.14. The number of nitrogens with one attached hydrogen (secondary N) is 2. The van der Waals surface area contributed by atoms with Crippen molar-refractivity contribution < 1.29 is 22.7 Å². The van der Waals surface area contributed by atoms with Gasteiger partial charge in [0.15, 0.2) is 0 Å². The van der Waals surface area contributed by atoms with E-state index in [1.54, 1.807) is 0 Å². The summed E-state index contributed by atoms with van der Waals surface area (Å²) in [6, 6.07) is 3.72. The fourth-order valence-corrected chi connectivity index (χ4v) is 2.77. The van der Waals surface area contributed by atoms with Crippen LogP contribution in [0.1, 0.15) is 18.4 Å². The summed E-state index contributed by atoms with van der Waals surface area (Å²) in [6.45, 7) is 1.78. The van der Waals surface area contributed by atoms with Crippen molar-refractivity contribution in [3.05, 3.63) is 28.2 Å². The molecule has 4 nitrogen and oxygen atoms in total. The van der Waals surface area contributed by atoms with Crippen molar-refractivity contribution in [3.63, 3.8) is 0 Å². The molecule has 1 aliphatic heterocycles. The van der Waals surface area contributed by atoms with E-state index in [1.165, 1.54) is 12.1 Å². The van der Waals surface area contributed by atoms with Crippen LogP contribution in [-0.4, -0.2) is 32.1 Å². The third-order valence-corrected chi connectivity index (χ3v) is 4.11. The predicted molar refractivity (Wildman–Crippen MR) is 90.5 cm³/mol. The molecule has 1 fully saturated rings. The van der Waals surface area contributed by atoms with Gasteiger partial charge in [-0.15, -0.1) is 12.4 Å². The molecule has 0 atom stereocenters. The van der Waals surface area contributed by atoms with Gasteiger partial charge in [0.05, 0.1) is 12.1 Å². The smallest absolute Gasteiger partial charge is 0.420 e. The molecule has 9 heteroatoms. The second-order valence-electron chi connectivity index (χ2n) is 5.30. The quantitative estimate of drug-likeness (QED) is 0.703. The van der Waals surface area contributed by atoms with Crippen LogP contribution in [0.5, 0.6) is 5.75 Å². The number of alkyl halides is 3. The monoisotopic (exact) mass is 430 g/mol. The summed E-state index contributed by atoms with van der Waals surface area (Å²) in [5, 5.41) is 5.88. The van der Waals surface area contributed by atoms with Crippen LogP contribution in [0.2, 0.25) is 0 Å². The van der Waals surface area contributed by atoms with Gasteiger partial charge in [-0.3, -0.25) is 4.79 Å². The van der Waals surface area contributed by atoms with E-state index in [-0.39, 0.29) is 43.1 Å². The SMILES string of the molecule is Cl.O=C(NCCOc1ccc(Br)cc1C(F)(F)F)C1CCNCC1. The minimum atomic E-state index is -4.49. The van der Waals surface area contributed by atoms with Crippen LogP contribution in [0, 0.1) is 5.92 Å². The molecular formula is C15H19BrClF3N2O2. The molecule has 1 saturated heterocycles. The predicted octanol–water partition coefficient (Wildman–Crippen LogP) is 3.38. The Labute approximate surface area is 153 Å². The minimum Gasteiger partial charge on any atom is -0.491 e. The van der Waals surface area contributed by atoms with Crippen LogP contribution in [0.25, 0.3) is 0 Å². The topological polar surface area (TPSA) is 50.4 Å². The number of amides is 1. The van der Waals surface area contributed by atoms with Gasteiger partial charge in [-0.2, -0.15) is 13.2 Å². The van der Waals surface area contributed by atoms with Gasteiger partial charge >= 0.3 is 6.18 Å². The van der Waals surface area contributed by atoms with Crippen molar-refractivity contribution in [3.8, 4) is 5.75 Å². The Bertz CT molecular complexity index is 552. The molecule has 0 unspecified atom stereocenters. The Kier molecular flexibility index (Phi) is 8.32. The molecule has 0 aliphatic carbocycles. The van der Waals surface area contributed by atoms with Crippen molar-refractivity contribution in [2.24, 2.45) is 5.92 Å². The molecule has 2 rings (SSSR count). The van der Waals surface area contributed by atoms with Gasteiger partial charge in [-0.25, -0.2) is 0 Å². The van der Waals surface area contributed by atoms with Gasteiger partial charge in [0, 0.05) is 10.4 Å². The van der Waals surface area contributed by atoms with Crippen LogP contribution in [0.4, 0.5) is 13.2 Å². The number of benzene rings is 1. The molecule has 1 amide bonds. The van der Waals surface area contributed by atoms with Crippen LogP contribution in [-0.2, 0) is 11.0 Å². The number of hydrogen-bond donors (Lipinski definition) is 2. The first-order chi connectivity index (χ1) is 10.9. The molecule has 2 N–H and O–H groups in total. The Balaban J connectivity index is 0.00000288. The zero-order valence-corrected chi connectivity index (χ0v) is 15.2. The van der Waals surface area contributed by atoms with Gasteiger partial charge in [-0.05, 0) is 44.1 Å². The van der Waals surface area contributed by atoms with Gasteiger partial charge in [-0.1, -0.05) is 15.9 Å². The van der Waals surface area contributed by atoms with Crippen molar-refractivity contribution >= 4 is 34.2 Å². The standard InChI is InChI=1S/C15H18BrF3N2O2.ClH/c16-11-1-2-13(12(9-11)15(17,18)19)23-8-7-21-14(22)10-3-5-20-6-4-10;/h1-2,9-10,20H,3-8H2,(H,21,22);1H. The summed E-state index contributed by atoms with van der Waals surface area (Å²) in [5.41, 5.74) is -0.837. The molecule has 1 aromatic rings. The largest absolute Gasteiger partial charge is 0.491 e. The molecule has 0 bridgehead atoms. The maximum atomic E-state index is 12.9. The molecular weight excluding hydrogens is 413 g/mol. The molecule has 136 valence electrons. The number of piperidine rings is 1. The van der Waals surface area contributed by atoms with E-state index < -0.39 is 11.7 Å². The highest BCUT2D eigenvalue weighted by Gasteiger charge is 2.34. The Morgan fingerprint density at radius 3 is 2.62 bits per heavy atom. The maximum Gasteiger partial charge on any atom is 0.420 e. The highest BCUT2D eigenvalue weighted by molar-refractivity contribution is 9.10. The van der Waals surface area contributed by atoms with Gasteiger partial charge in [0.1, 0.15) is 12.4 Å². The van der Waals surface area contributed by atoms with E-state index in [9.17, 15) is 18.0 Å². The fourth-order valence-electron chi connectivity index (χ4n) is 2.41. The van der Waals surface area contributed by atoms with Gasteiger partial charge < -0.3 is 15.4 Å². The summed E-state index contributed by atoms with van der Waals surface area (Å²) in [6.07, 6.45) is -2.94. The van der Waals surface area contributed by atoms with Crippen LogP contribution in [0.15, 0.2) is 22.7 Å². The Morgan fingerprint density at radius 2 is 2.00 bits per heavy atom. The van der Waals surface area contributed by atoms with E-state index in [4.69, 9.17) is 4.74 Å². The second kappa shape index (κ2) is 9.48. The molecule has 1 heterocycles. The van der Waals surface area contributed by atoms with Crippen LogP contribution in [0.3, 0.4) is 0 Å². The lowest BCUT2D eigenvalue weighted by Crippen LogP contribution is -2.39. The molecule has 0 aromatic heterocycles. The maximum absolute atomic E-state index is 12.9. The van der Waals surface area contributed by atoms with Crippen molar-refractivity contribution in [2.75, 3.05) is 26.2 Å². The number of hydrogen-bond acceptors (Lipinski definition) is 3. The Hall–Kier alpha value is -0.990. The number of halogens is 5. The van der Waals surface area contributed by atoms with E-state index in [0.29, 0.717) is 4.47 Å². The minimum absolute atomic E-state index is 0. The number of carbonyl (C=O) groups is 1. The lowest BCUT2D eigenvalue weighted by atomic mass is 9.97. The average Bonchev–Trinajstić information content (AvgIpc) is 2.52. The van der Waals surface area contributed by atoms with E-state index >= 15 is 0 Å². The van der Waals surface area contributed by atoms with Crippen molar-refractivity contribution in [2.45, 2.75) is 19.0 Å². The summed E-state index contributed by atoms with van der Waals surface area (Å²) in [7, 11) is 0. The van der Waals surface area contributed by atoms with E-state index in [1.807, 2.05) is 0 Å². The molecule has 0 spiro atoms. The lowest BCUT2D eigenvalue weighted by molar-refractivity contribution is -0.139. The van der Waals surface area contributed by atoms with E-state index in [0.717, 1.165) is 32.0 Å². The first-order valence-corrected chi connectivity index (χ1v) is 8.15. The average molecular weight is 432 g/mol. The van der Waals surface area contributed by atoms with Gasteiger partial charge in [0.2, 0.25) is 5.91 Å². The molecule has 24 heavy (non-hydrogen) atoms. The van der Waals surface area contributed by atoms with E-state index in [2.05, 4.69) is 26.6 Å². The van der Waals surface area contributed by atoms with Gasteiger partial charge in [0.25, 0.3) is 0 Å². The first kappa shape index (κ1) is 21.1. The molecule has 0 radical (unpaired) electrons. The fraction of sp³-hybridized carbons (Fsp3) is 0.533. The van der Waals surface area contributed by atoms with Crippen molar-refractivity contribution in [1.82, 2.24) is 10.6 Å². The zero-order valence-electron chi connectivity index (χ0n) is 12.8. The zero-order chi connectivity index (χ0) is 16.9. The summed E-state index contributed by atoms with van der Waals surface area (Å²) < 4.78 is 44.3. The molecule has 0 saturated carbocycles.